The first-order valence-corrected chi connectivity index (χ1v) is 7.21. The van der Waals surface area contributed by atoms with Crippen molar-refractivity contribution in [3.63, 3.8) is 0 Å². The van der Waals surface area contributed by atoms with Crippen LogP contribution < -0.4 is 4.90 Å². The molecule has 0 saturated carbocycles. The maximum atomic E-state index is 11.9. The van der Waals surface area contributed by atoms with Crippen molar-refractivity contribution in [2.45, 2.75) is 4.90 Å². The second-order valence-electron chi connectivity index (χ2n) is 4.21. The maximum absolute atomic E-state index is 11.9. The van der Waals surface area contributed by atoms with Crippen molar-refractivity contribution in [3.8, 4) is 11.8 Å². The Balaban J connectivity index is 2.76. The summed E-state index contributed by atoms with van der Waals surface area (Å²) in [6, 6.07) is 11.5. The van der Waals surface area contributed by atoms with E-state index >= 15 is 0 Å². The quantitative estimate of drug-likeness (QED) is 0.852. The number of para-hydroxylation sites is 1. The zero-order valence-electron chi connectivity index (χ0n) is 11.0. The van der Waals surface area contributed by atoms with Crippen LogP contribution in [0.15, 0.2) is 35.2 Å². The van der Waals surface area contributed by atoms with Gasteiger partial charge in [0.1, 0.15) is 16.8 Å². The Kier molecular flexibility index (Phi) is 3.67. The fourth-order valence-electron chi connectivity index (χ4n) is 1.87. The van der Waals surface area contributed by atoms with E-state index in [1.165, 1.54) is 0 Å². The lowest BCUT2D eigenvalue weighted by Gasteiger charge is -2.16. The fraction of sp³-hybridized carbons (Fsp3) is 0.231. The summed E-state index contributed by atoms with van der Waals surface area (Å²) in [6.45, 7) is 0. The van der Waals surface area contributed by atoms with Gasteiger partial charge < -0.3 is 4.90 Å². The number of nitriles is 1. The van der Waals surface area contributed by atoms with E-state index in [-0.39, 0.29) is 5.69 Å². The minimum absolute atomic E-state index is 0.202. The van der Waals surface area contributed by atoms with Crippen molar-refractivity contribution in [1.29, 1.82) is 5.26 Å². The molecule has 5 nitrogen and oxygen atoms in total. The molecule has 0 N–H and O–H groups in total. The standard InChI is InChI=1S/C13H14N4OS/c1-16(2)13-12(19(3)18)11(9-14)15-17(13)10-7-5-4-6-8-10/h4-8H,1-3H3. The molecule has 98 valence electrons. The zero-order chi connectivity index (χ0) is 14.0. The van der Waals surface area contributed by atoms with Gasteiger partial charge in [-0.3, -0.25) is 4.21 Å². The molecule has 19 heavy (non-hydrogen) atoms. The third kappa shape index (κ3) is 2.37. The molecule has 0 amide bonds. The zero-order valence-corrected chi connectivity index (χ0v) is 11.8. The minimum Gasteiger partial charge on any atom is -0.362 e. The first kappa shape index (κ1) is 13.3. The van der Waals surface area contributed by atoms with E-state index < -0.39 is 10.8 Å². The molecule has 1 aromatic carbocycles. The van der Waals surface area contributed by atoms with E-state index in [9.17, 15) is 4.21 Å². The predicted octanol–water partition coefficient (Wildman–Crippen LogP) is 1.55. The molecule has 0 radical (unpaired) electrons. The van der Waals surface area contributed by atoms with Crippen molar-refractivity contribution in [2.24, 2.45) is 0 Å². The van der Waals surface area contributed by atoms with Crippen molar-refractivity contribution < 1.29 is 4.21 Å². The van der Waals surface area contributed by atoms with Crippen molar-refractivity contribution >= 4 is 16.6 Å². The van der Waals surface area contributed by atoms with E-state index in [4.69, 9.17) is 5.26 Å². The van der Waals surface area contributed by atoms with Gasteiger partial charge in [0.25, 0.3) is 0 Å². The van der Waals surface area contributed by atoms with Crippen LogP contribution in [0.25, 0.3) is 5.69 Å². The van der Waals surface area contributed by atoms with E-state index in [0.29, 0.717) is 10.7 Å². The summed E-state index contributed by atoms with van der Waals surface area (Å²) in [5, 5.41) is 13.4. The Morgan fingerprint density at radius 2 is 1.95 bits per heavy atom. The average molecular weight is 274 g/mol. The van der Waals surface area contributed by atoms with E-state index in [2.05, 4.69) is 5.10 Å². The summed E-state index contributed by atoms with van der Waals surface area (Å²) in [4.78, 5) is 2.29. The van der Waals surface area contributed by atoms with Crippen molar-refractivity contribution in [1.82, 2.24) is 9.78 Å². The number of benzene rings is 1. The summed E-state index contributed by atoms with van der Waals surface area (Å²) in [7, 11) is 2.41. The van der Waals surface area contributed by atoms with Crippen LogP contribution in [-0.2, 0) is 10.8 Å². The van der Waals surface area contributed by atoms with Crippen LogP contribution in [0.5, 0.6) is 0 Å². The van der Waals surface area contributed by atoms with Crippen LogP contribution in [0, 0.1) is 11.3 Å². The Bertz CT molecular complexity index is 655. The monoisotopic (exact) mass is 274 g/mol. The van der Waals surface area contributed by atoms with Gasteiger partial charge in [-0.15, -0.1) is 0 Å². The molecule has 0 bridgehead atoms. The highest BCUT2D eigenvalue weighted by Gasteiger charge is 2.22. The van der Waals surface area contributed by atoms with Crippen LogP contribution in [0.3, 0.4) is 0 Å². The largest absolute Gasteiger partial charge is 0.362 e. The molecule has 6 heteroatoms. The number of aromatic nitrogens is 2. The first-order valence-electron chi connectivity index (χ1n) is 5.65. The molecule has 0 spiro atoms. The SMILES string of the molecule is CN(C)c1c(S(C)=O)c(C#N)nn1-c1ccccc1. The van der Waals surface area contributed by atoms with E-state index in [1.54, 1.807) is 10.9 Å². The number of anilines is 1. The lowest BCUT2D eigenvalue weighted by molar-refractivity contribution is 0.686. The van der Waals surface area contributed by atoms with Crippen LogP contribution in [0.2, 0.25) is 0 Å². The number of rotatable bonds is 3. The number of hydrogen-bond donors (Lipinski definition) is 0. The molecular formula is C13H14N4OS. The Hall–Kier alpha value is -2.13. The second-order valence-corrected chi connectivity index (χ2v) is 5.53. The van der Waals surface area contributed by atoms with Gasteiger partial charge in [0.15, 0.2) is 5.69 Å². The summed E-state index contributed by atoms with van der Waals surface area (Å²) in [5.41, 5.74) is 1.03. The topological polar surface area (TPSA) is 61.9 Å². The molecule has 1 atom stereocenters. The van der Waals surface area contributed by atoms with Crippen molar-refractivity contribution in [3.05, 3.63) is 36.0 Å². The van der Waals surface area contributed by atoms with E-state index in [1.807, 2.05) is 55.4 Å². The molecule has 1 unspecified atom stereocenters. The fourth-order valence-corrected chi connectivity index (χ4v) is 2.76. The first-order chi connectivity index (χ1) is 9.06. The molecule has 2 rings (SSSR count). The average Bonchev–Trinajstić information content (AvgIpc) is 2.79. The third-order valence-electron chi connectivity index (χ3n) is 2.64. The lowest BCUT2D eigenvalue weighted by Crippen LogP contribution is -2.16. The van der Waals surface area contributed by atoms with E-state index in [0.717, 1.165) is 5.69 Å². The van der Waals surface area contributed by atoms with Gasteiger partial charge in [-0.1, -0.05) is 18.2 Å². The number of nitrogens with zero attached hydrogens (tertiary/aromatic N) is 4. The Morgan fingerprint density at radius 3 is 2.42 bits per heavy atom. The van der Waals surface area contributed by atoms with Crippen molar-refractivity contribution in [2.75, 3.05) is 25.3 Å². The summed E-state index contributed by atoms with van der Waals surface area (Å²) < 4.78 is 13.5. The van der Waals surface area contributed by atoms with Crippen LogP contribution >= 0.6 is 0 Å². The normalized spacial score (nSPS) is 11.9. The van der Waals surface area contributed by atoms with Gasteiger partial charge in [0, 0.05) is 20.4 Å². The predicted molar refractivity (Wildman–Crippen MR) is 74.9 cm³/mol. The van der Waals surface area contributed by atoms with Crippen LogP contribution in [0.1, 0.15) is 5.69 Å². The minimum atomic E-state index is -1.27. The van der Waals surface area contributed by atoms with Crippen LogP contribution in [-0.4, -0.2) is 34.3 Å². The van der Waals surface area contributed by atoms with Crippen LogP contribution in [0.4, 0.5) is 5.82 Å². The third-order valence-corrected chi connectivity index (χ3v) is 3.59. The Morgan fingerprint density at radius 1 is 1.32 bits per heavy atom. The molecular weight excluding hydrogens is 260 g/mol. The molecule has 2 aromatic rings. The molecule has 0 fully saturated rings. The highest BCUT2D eigenvalue weighted by molar-refractivity contribution is 7.84. The van der Waals surface area contributed by atoms with Gasteiger partial charge >= 0.3 is 0 Å². The van der Waals surface area contributed by atoms with Gasteiger partial charge in [-0.2, -0.15) is 10.4 Å². The van der Waals surface area contributed by atoms with Gasteiger partial charge in [0.2, 0.25) is 0 Å². The van der Waals surface area contributed by atoms with Gasteiger partial charge in [0.05, 0.1) is 16.5 Å². The maximum Gasteiger partial charge on any atom is 0.181 e. The molecule has 1 aromatic heterocycles. The number of hydrogen-bond acceptors (Lipinski definition) is 4. The molecule has 0 aliphatic heterocycles. The lowest BCUT2D eigenvalue weighted by atomic mass is 10.3. The van der Waals surface area contributed by atoms with Gasteiger partial charge in [-0.05, 0) is 12.1 Å². The summed E-state index contributed by atoms with van der Waals surface area (Å²) in [5.74, 6) is 0.670. The molecule has 0 saturated heterocycles. The highest BCUT2D eigenvalue weighted by Crippen LogP contribution is 2.28. The van der Waals surface area contributed by atoms with Gasteiger partial charge in [-0.25, -0.2) is 4.68 Å². The Labute approximate surface area is 114 Å². The highest BCUT2D eigenvalue weighted by atomic mass is 32.2. The summed E-state index contributed by atoms with van der Waals surface area (Å²) in [6.07, 6.45) is 1.56. The molecule has 0 aliphatic carbocycles. The smallest absolute Gasteiger partial charge is 0.181 e. The second kappa shape index (κ2) is 5.24. The molecule has 0 aliphatic rings. The summed E-state index contributed by atoms with van der Waals surface area (Å²) >= 11 is 0. The molecule has 1 heterocycles.